The lowest BCUT2D eigenvalue weighted by Crippen LogP contribution is -1.99. The highest BCUT2D eigenvalue weighted by Crippen LogP contribution is 2.32. The first kappa shape index (κ1) is 10.8. The Kier molecular flexibility index (Phi) is 2.68. The van der Waals surface area contributed by atoms with E-state index in [4.69, 9.17) is 9.66 Å². The Balaban J connectivity index is 3.46. The molecule has 0 saturated heterocycles. The number of benzene rings is 1. The van der Waals surface area contributed by atoms with Gasteiger partial charge in [0.25, 0.3) is 10.1 Å². The summed E-state index contributed by atoms with van der Waals surface area (Å²) in [4.78, 5) is -0.426. The zero-order chi connectivity index (χ0) is 10.9. The lowest BCUT2D eigenvalue weighted by atomic mass is 10.1. The van der Waals surface area contributed by atoms with E-state index in [1.54, 1.807) is 6.92 Å². The van der Waals surface area contributed by atoms with Crippen LogP contribution in [0, 0.1) is 0 Å². The van der Waals surface area contributed by atoms with Crippen LogP contribution in [0.3, 0.4) is 0 Å². The van der Waals surface area contributed by atoms with Gasteiger partial charge in [-0.15, -0.1) is 0 Å². The lowest BCUT2D eigenvalue weighted by molar-refractivity contribution is 0.397. The van der Waals surface area contributed by atoms with E-state index in [9.17, 15) is 13.5 Å². The molecule has 14 heavy (non-hydrogen) atoms. The monoisotopic (exact) mass is 218 g/mol. The summed E-state index contributed by atoms with van der Waals surface area (Å²) in [6, 6.07) is 1.91. The van der Waals surface area contributed by atoms with Crippen molar-refractivity contribution in [2.75, 3.05) is 0 Å². The highest BCUT2D eigenvalue weighted by atomic mass is 32.2. The molecule has 1 aromatic rings. The van der Waals surface area contributed by atoms with Gasteiger partial charge in [-0.3, -0.25) is 4.55 Å². The molecule has 0 aliphatic carbocycles. The molecule has 0 aliphatic heterocycles. The fourth-order valence-electron chi connectivity index (χ4n) is 1.07. The third-order valence-electron chi connectivity index (χ3n) is 1.82. The predicted octanol–water partition coefficient (Wildman–Crippen LogP) is 0.907. The molecule has 0 aliphatic rings. The van der Waals surface area contributed by atoms with E-state index >= 15 is 0 Å². The third-order valence-corrected chi connectivity index (χ3v) is 2.65. The van der Waals surface area contributed by atoms with Crippen LogP contribution in [0.15, 0.2) is 17.0 Å². The minimum Gasteiger partial charge on any atom is -0.504 e. The maximum Gasteiger partial charge on any atom is 0.294 e. The molecule has 0 radical (unpaired) electrons. The van der Waals surface area contributed by atoms with E-state index < -0.39 is 20.8 Å². The molecule has 3 N–H and O–H groups in total. The van der Waals surface area contributed by atoms with Crippen LogP contribution in [0.1, 0.15) is 12.5 Å². The van der Waals surface area contributed by atoms with E-state index in [1.165, 1.54) is 0 Å². The molecule has 1 rings (SSSR count). The Bertz CT molecular complexity index is 449. The van der Waals surface area contributed by atoms with Gasteiger partial charge in [0.15, 0.2) is 11.5 Å². The highest BCUT2D eigenvalue weighted by molar-refractivity contribution is 7.85. The molecular formula is C8H10O5S. The number of phenols is 2. The van der Waals surface area contributed by atoms with Gasteiger partial charge in [-0.1, -0.05) is 6.92 Å². The summed E-state index contributed by atoms with van der Waals surface area (Å²) in [5.41, 5.74) is 0.262. The smallest absolute Gasteiger partial charge is 0.294 e. The second kappa shape index (κ2) is 3.47. The van der Waals surface area contributed by atoms with Gasteiger partial charge >= 0.3 is 0 Å². The summed E-state index contributed by atoms with van der Waals surface area (Å²) in [5, 5.41) is 18.4. The first-order valence-electron chi connectivity index (χ1n) is 3.88. The molecule has 5 nitrogen and oxygen atoms in total. The normalized spacial score (nSPS) is 11.6. The Labute approximate surface area is 81.4 Å². The Morgan fingerprint density at radius 3 is 2.29 bits per heavy atom. The first-order chi connectivity index (χ1) is 6.36. The number of aromatic hydroxyl groups is 2. The molecule has 0 fully saturated rings. The van der Waals surface area contributed by atoms with Crippen molar-refractivity contribution >= 4 is 10.1 Å². The van der Waals surface area contributed by atoms with E-state index in [0.29, 0.717) is 6.42 Å². The maximum absolute atomic E-state index is 10.7. The average molecular weight is 218 g/mol. The summed E-state index contributed by atoms with van der Waals surface area (Å²) in [6.45, 7) is 1.68. The van der Waals surface area contributed by atoms with E-state index in [0.717, 1.165) is 12.1 Å². The fraction of sp³-hybridized carbons (Fsp3) is 0.250. The van der Waals surface area contributed by atoms with Crippen molar-refractivity contribution in [3.05, 3.63) is 17.7 Å². The van der Waals surface area contributed by atoms with Crippen molar-refractivity contribution in [1.82, 2.24) is 0 Å². The van der Waals surface area contributed by atoms with Crippen LogP contribution in [0.5, 0.6) is 11.5 Å². The third kappa shape index (κ3) is 1.97. The molecule has 0 atom stereocenters. The van der Waals surface area contributed by atoms with Gasteiger partial charge in [-0.05, 0) is 18.1 Å². The molecule has 0 spiro atoms. The Morgan fingerprint density at radius 2 is 1.86 bits per heavy atom. The quantitative estimate of drug-likeness (QED) is 0.506. The van der Waals surface area contributed by atoms with Crippen LogP contribution in [-0.4, -0.2) is 23.2 Å². The second-order valence-electron chi connectivity index (χ2n) is 2.78. The standard InChI is InChI=1S/C8H10O5S/c1-2-5-3-6(14(11,12)13)4-7(9)8(5)10/h3-4,9-10H,2H2,1H3,(H,11,12,13). The molecule has 0 aromatic heterocycles. The molecule has 0 saturated carbocycles. The minimum atomic E-state index is -4.35. The van der Waals surface area contributed by atoms with E-state index in [1.807, 2.05) is 0 Å². The van der Waals surface area contributed by atoms with Crippen molar-refractivity contribution in [2.45, 2.75) is 18.2 Å². The molecular weight excluding hydrogens is 208 g/mol. The van der Waals surface area contributed by atoms with E-state index in [2.05, 4.69) is 0 Å². The van der Waals surface area contributed by atoms with Crippen LogP contribution in [0.4, 0.5) is 0 Å². The van der Waals surface area contributed by atoms with Gasteiger partial charge in [0.1, 0.15) is 0 Å². The summed E-state index contributed by atoms with van der Waals surface area (Å²) >= 11 is 0. The molecule has 0 heterocycles. The lowest BCUT2D eigenvalue weighted by Gasteiger charge is -2.05. The number of hydrogen-bond donors (Lipinski definition) is 3. The SMILES string of the molecule is CCc1cc(S(=O)(=O)O)cc(O)c1O. The van der Waals surface area contributed by atoms with Gasteiger partial charge in [0.2, 0.25) is 0 Å². The van der Waals surface area contributed by atoms with Gasteiger partial charge in [0.05, 0.1) is 4.90 Å². The average Bonchev–Trinajstić information content (AvgIpc) is 2.07. The second-order valence-corrected chi connectivity index (χ2v) is 4.20. The molecule has 0 unspecified atom stereocenters. The molecule has 6 heteroatoms. The van der Waals surface area contributed by atoms with Crippen molar-refractivity contribution in [3.8, 4) is 11.5 Å². The first-order valence-corrected chi connectivity index (χ1v) is 5.32. The summed E-state index contributed by atoms with van der Waals surface area (Å²) in [7, 11) is -4.35. The van der Waals surface area contributed by atoms with Crippen molar-refractivity contribution < 1.29 is 23.2 Å². The number of hydrogen-bond acceptors (Lipinski definition) is 4. The van der Waals surface area contributed by atoms with Crippen molar-refractivity contribution in [1.29, 1.82) is 0 Å². The zero-order valence-corrected chi connectivity index (χ0v) is 8.24. The summed E-state index contributed by atoms with van der Waals surface area (Å²) < 4.78 is 30.2. The summed E-state index contributed by atoms with van der Waals surface area (Å²) in [6.07, 6.45) is 0.350. The number of phenolic OH excluding ortho intramolecular Hbond substituents is 2. The molecule has 0 bridgehead atoms. The molecule has 0 amide bonds. The zero-order valence-electron chi connectivity index (χ0n) is 7.43. The topological polar surface area (TPSA) is 94.8 Å². The van der Waals surface area contributed by atoms with Gasteiger partial charge in [-0.25, -0.2) is 0 Å². The highest BCUT2D eigenvalue weighted by Gasteiger charge is 2.15. The van der Waals surface area contributed by atoms with Crippen molar-refractivity contribution in [3.63, 3.8) is 0 Å². The largest absolute Gasteiger partial charge is 0.504 e. The molecule has 78 valence electrons. The van der Waals surface area contributed by atoms with Gasteiger partial charge in [-0.2, -0.15) is 8.42 Å². The minimum absolute atomic E-state index is 0.262. The Morgan fingerprint density at radius 1 is 1.29 bits per heavy atom. The van der Waals surface area contributed by atoms with Crippen LogP contribution in [0.25, 0.3) is 0 Å². The van der Waals surface area contributed by atoms with Crippen LogP contribution in [-0.2, 0) is 16.5 Å². The van der Waals surface area contributed by atoms with Crippen LogP contribution >= 0.6 is 0 Å². The predicted molar refractivity (Wildman–Crippen MR) is 49.0 cm³/mol. The van der Waals surface area contributed by atoms with Gasteiger partial charge in [0, 0.05) is 6.07 Å². The van der Waals surface area contributed by atoms with Gasteiger partial charge < -0.3 is 10.2 Å². The van der Waals surface area contributed by atoms with Crippen molar-refractivity contribution in [2.24, 2.45) is 0 Å². The maximum atomic E-state index is 10.7. The number of rotatable bonds is 2. The molecule has 1 aromatic carbocycles. The number of aryl methyl sites for hydroxylation is 1. The van der Waals surface area contributed by atoms with Crippen LogP contribution in [0.2, 0.25) is 0 Å². The Hall–Kier alpha value is -1.27. The fourth-order valence-corrected chi connectivity index (χ4v) is 1.62. The summed E-state index contributed by atoms with van der Waals surface area (Å²) in [5.74, 6) is -0.920. The van der Waals surface area contributed by atoms with Crippen LogP contribution < -0.4 is 0 Å². The van der Waals surface area contributed by atoms with E-state index in [-0.39, 0.29) is 11.3 Å².